The van der Waals surface area contributed by atoms with E-state index in [1.54, 1.807) is 0 Å². The average Bonchev–Trinajstić information content (AvgIpc) is 2.04. The lowest BCUT2D eigenvalue weighted by molar-refractivity contribution is -0.0766. The van der Waals surface area contributed by atoms with Crippen LogP contribution in [0.4, 0.5) is 0 Å². The summed E-state index contributed by atoms with van der Waals surface area (Å²) in [5, 5.41) is 0. The lowest BCUT2D eigenvalue weighted by Gasteiger charge is -2.38. The van der Waals surface area contributed by atoms with Crippen molar-refractivity contribution in [2.75, 3.05) is 13.6 Å². The Morgan fingerprint density at radius 2 is 2.00 bits per heavy atom. The van der Waals surface area contributed by atoms with Crippen LogP contribution >= 0.6 is 0 Å². The molecule has 0 amide bonds. The molecule has 1 aliphatic heterocycles. The van der Waals surface area contributed by atoms with Crippen molar-refractivity contribution < 1.29 is 4.74 Å². The molecule has 1 aliphatic rings. The third kappa shape index (κ3) is 2.96. The second kappa shape index (κ2) is 4.97. The molecule has 1 heterocycles. The van der Waals surface area contributed by atoms with E-state index in [4.69, 9.17) is 4.74 Å². The number of nitrogens with zero attached hydrogens (tertiary/aromatic N) is 1. The Morgan fingerprint density at radius 1 is 1.31 bits per heavy atom. The summed E-state index contributed by atoms with van der Waals surface area (Å²) in [7, 11) is 2.21. The zero-order valence-electron chi connectivity index (χ0n) is 9.42. The zero-order chi connectivity index (χ0) is 9.84. The molecule has 3 atom stereocenters. The first-order valence-electron chi connectivity index (χ1n) is 5.50. The third-order valence-electron chi connectivity index (χ3n) is 3.00. The maximum absolute atomic E-state index is 5.82. The second-order valence-electron chi connectivity index (χ2n) is 4.28. The molecule has 0 radical (unpaired) electrons. The van der Waals surface area contributed by atoms with Crippen molar-refractivity contribution in [1.29, 1.82) is 0 Å². The van der Waals surface area contributed by atoms with E-state index >= 15 is 0 Å². The number of hydrogen-bond donors (Lipinski definition) is 0. The maximum atomic E-state index is 5.82. The second-order valence-corrected chi connectivity index (χ2v) is 4.28. The molecule has 1 saturated heterocycles. The molecule has 0 unspecified atom stereocenters. The van der Waals surface area contributed by atoms with Crippen LogP contribution in [0.25, 0.3) is 0 Å². The first-order valence-corrected chi connectivity index (χ1v) is 5.50. The topological polar surface area (TPSA) is 12.5 Å². The quantitative estimate of drug-likeness (QED) is 0.669. The summed E-state index contributed by atoms with van der Waals surface area (Å²) in [6, 6.07) is 0.635. The minimum atomic E-state index is 0.403. The Bertz CT molecular complexity index is 145. The fraction of sp³-hybridized carbons (Fsp3) is 1.00. The molecule has 0 bridgehead atoms. The van der Waals surface area contributed by atoms with E-state index in [9.17, 15) is 0 Å². The van der Waals surface area contributed by atoms with Gasteiger partial charge in [0.2, 0.25) is 0 Å². The molecular formula is C11H23NO. The number of ether oxygens (including phenoxy) is 1. The highest BCUT2D eigenvalue weighted by atomic mass is 16.5. The van der Waals surface area contributed by atoms with Gasteiger partial charge in [0, 0.05) is 6.04 Å². The molecule has 0 aliphatic carbocycles. The highest BCUT2D eigenvalue weighted by molar-refractivity contribution is 4.81. The van der Waals surface area contributed by atoms with Crippen molar-refractivity contribution in [2.24, 2.45) is 0 Å². The van der Waals surface area contributed by atoms with E-state index < -0.39 is 0 Å². The maximum Gasteiger partial charge on any atom is 0.0705 e. The highest BCUT2D eigenvalue weighted by Gasteiger charge is 2.28. The van der Waals surface area contributed by atoms with E-state index in [-0.39, 0.29) is 0 Å². The monoisotopic (exact) mass is 185 g/mol. The van der Waals surface area contributed by atoms with E-state index in [1.807, 2.05) is 0 Å². The van der Waals surface area contributed by atoms with Crippen LogP contribution in [0.1, 0.15) is 40.0 Å². The fourth-order valence-corrected chi connectivity index (χ4v) is 2.26. The van der Waals surface area contributed by atoms with Gasteiger partial charge in [0.15, 0.2) is 0 Å². The largest absolute Gasteiger partial charge is 0.374 e. The van der Waals surface area contributed by atoms with Gasteiger partial charge in [-0.1, -0.05) is 6.92 Å². The first-order chi connectivity index (χ1) is 6.15. The van der Waals surface area contributed by atoms with Crippen molar-refractivity contribution in [2.45, 2.75) is 58.3 Å². The Balaban J connectivity index is 2.40. The number of hydrogen-bond acceptors (Lipinski definition) is 2. The SMILES string of the molecule is CCCN(C)[C@H]1CC[C@H](C)O[C@@H]1C. The van der Waals surface area contributed by atoms with Crippen molar-refractivity contribution in [1.82, 2.24) is 4.90 Å². The van der Waals surface area contributed by atoms with Crippen molar-refractivity contribution in [3.63, 3.8) is 0 Å². The molecule has 78 valence electrons. The van der Waals surface area contributed by atoms with Crippen LogP contribution in [-0.2, 0) is 4.74 Å². The van der Waals surface area contributed by atoms with Crippen LogP contribution < -0.4 is 0 Å². The molecule has 2 heteroatoms. The van der Waals surface area contributed by atoms with Gasteiger partial charge in [-0.3, -0.25) is 0 Å². The van der Waals surface area contributed by atoms with Crippen LogP contribution in [0.3, 0.4) is 0 Å². The van der Waals surface area contributed by atoms with Gasteiger partial charge in [-0.15, -0.1) is 0 Å². The number of likely N-dealkylation sites (N-methyl/N-ethyl adjacent to an activating group) is 1. The van der Waals surface area contributed by atoms with Gasteiger partial charge in [0.05, 0.1) is 12.2 Å². The van der Waals surface area contributed by atoms with Crippen molar-refractivity contribution in [3.8, 4) is 0 Å². The van der Waals surface area contributed by atoms with Crippen LogP contribution in [0.15, 0.2) is 0 Å². The predicted molar refractivity (Wildman–Crippen MR) is 56.0 cm³/mol. The van der Waals surface area contributed by atoms with Crippen LogP contribution in [-0.4, -0.2) is 36.7 Å². The molecule has 0 saturated carbocycles. The van der Waals surface area contributed by atoms with Gasteiger partial charge < -0.3 is 9.64 Å². The van der Waals surface area contributed by atoms with Crippen LogP contribution in [0.5, 0.6) is 0 Å². The minimum Gasteiger partial charge on any atom is -0.374 e. The molecule has 13 heavy (non-hydrogen) atoms. The standard InChI is InChI=1S/C11H23NO/c1-5-8-12(4)11-7-6-9(2)13-10(11)3/h9-11H,5-8H2,1-4H3/t9-,10+,11-/m0/s1. The first kappa shape index (κ1) is 11.0. The fourth-order valence-electron chi connectivity index (χ4n) is 2.26. The highest BCUT2D eigenvalue weighted by Crippen LogP contribution is 2.22. The molecule has 0 aromatic carbocycles. The lowest BCUT2D eigenvalue weighted by Crippen LogP contribution is -2.46. The molecule has 2 nitrogen and oxygen atoms in total. The summed E-state index contributed by atoms with van der Waals surface area (Å²) >= 11 is 0. The molecule has 1 fully saturated rings. The third-order valence-corrected chi connectivity index (χ3v) is 3.00. The molecular weight excluding hydrogens is 162 g/mol. The van der Waals surface area contributed by atoms with Crippen molar-refractivity contribution in [3.05, 3.63) is 0 Å². The van der Waals surface area contributed by atoms with Crippen molar-refractivity contribution >= 4 is 0 Å². The smallest absolute Gasteiger partial charge is 0.0705 e. The Kier molecular flexibility index (Phi) is 4.20. The predicted octanol–water partition coefficient (Wildman–Crippen LogP) is 2.28. The zero-order valence-corrected chi connectivity index (χ0v) is 9.42. The molecule has 0 aromatic heterocycles. The minimum absolute atomic E-state index is 0.403. The molecule has 0 spiro atoms. The Morgan fingerprint density at radius 3 is 2.54 bits per heavy atom. The van der Waals surface area contributed by atoms with E-state index in [0.29, 0.717) is 18.2 Å². The van der Waals surface area contributed by atoms with Gasteiger partial charge in [0.1, 0.15) is 0 Å². The summed E-state index contributed by atoms with van der Waals surface area (Å²) < 4.78 is 5.82. The average molecular weight is 185 g/mol. The van der Waals surface area contributed by atoms with E-state index in [0.717, 1.165) is 0 Å². The Hall–Kier alpha value is -0.0800. The number of rotatable bonds is 3. The summed E-state index contributed by atoms with van der Waals surface area (Å²) in [6.45, 7) is 7.79. The van der Waals surface area contributed by atoms with Gasteiger partial charge in [-0.25, -0.2) is 0 Å². The lowest BCUT2D eigenvalue weighted by atomic mass is 9.99. The van der Waals surface area contributed by atoms with Crippen LogP contribution in [0, 0.1) is 0 Å². The van der Waals surface area contributed by atoms with Gasteiger partial charge >= 0.3 is 0 Å². The van der Waals surface area contributed by atoms with E-state index in [2.05, 4.69) is 32.7 Å². The summed E-state index contributed by atoms with van der Waals surface area (Å²) in [6.07, 6.45) is 4.60. The molecule has 0 N–H and O–H groups in total. The normalized spacial score (nSPS) is 35.3. The summed E-state index contributed by atoms with van der Waals surface area (Å²) in [5.74, 6) is 0. The summed E-state index contributed by atoms with van der Waals surface area (Å²) in [4.78, 5) is 2.44. The van der Waals surface area contributed by atoms with Gasteiger partial charge in [-0.2, -0.15) is 0 Å². The molecule has 0 aromatic rings. The van der Waals surface area contributed by atoms with E-state index in [1.165, 1.54) is 25.8 Å². The molecule has 1 rings (SSSR count). The van der Waals surface area contributed by atoms with Gasteiger partial charge in [0.25, 0.3) is 0 Å². The Labute approximate surface area is 82.3 Å². The summed E-state index contributed by atoms with van der Waals surface area (Å²) in [5.41, 5.74) is 0. The van der Waals surface area contributed by atoms with Gasteiger partial charge in [-0.05, 0) is 46.7 Å². The van der Waals surface area contributed by atoms with Crippen LogP contribution in [0.2, 0.25) is 0 Å².